The van der Waals surface area contributed by atoms with Gasteiger partial charge in [0.25, 0.3) is 0 Å². The molecule has 0 bridgehead atoms. The van der Waals surface area contributed by atoms with E-state index in [0.29, 0.717) is 10.0 Å². The minimum absolute atomic E-state index is 0.126. The van der Waals surface area contributed by atoms with Gasteiger partial charge < -0.3 is 16.6 Å². The first-order valence-electron chi connectivity index (χ1n) is 3.79. The Hall–Kier alpha value is -1.14. The number of carboxylic acid groups (broad SMARTS) is 1. The van der Waals surface area contributed by atoms with Gasteiger partial charge in [-0.15, -0.1) is 0 Å². The van der Waals surface area contributed by atoms with Crippen LogP contribution in [0.4, 0.5) is 5.82 Å². The maximum absolute atomic E-state index is 10.9. The number of carboxylic acids is 1. The van der Waals surface area contributed by atoms with Gasteiger partial charge in [-0.25, -0.2) is 9.78 Å². The van der Waals surface area contributed by atoms with Gasteiger partial charge in [-0.05, 0) is 28.9 Å². The van der Waals surface area contributed by atoms with Gasteiger partial charge in [0.2, 0.25) is 0 Å². The monoisotopic (exact) mass is 259 g/mol. The molecule has 0 saturated heterocycles. The molecule has 1 atom stereocenters. The van der Waals surface area contributed by atoms with Crippen LogP contribution in [0.1, 0.15) is 12.5 Å². The molecule has 0 radical (unpaired) electrons. The van der Waals surface area contributed by atoms with E-state index >= 15 is 0 Å². The summed E-state index contributed by atoms with van der Waals surface area (Å²) in [6.07, 6.45) is 1.48. The fraction of sp³-hybridized carbons (Fsp3) is 0.250. The molecular formula is C8H10BrN3O2. The number of carbonyl (C=O) groups is 1. The van der Waals surface area contributed by atoms with E-state index < -0.39 is 11.5 Å². The maximum atomic E-state index is 10.9. The lowest BCUT2D eigenvalue weighted by Crippen LogP contribution is -2.42. The zero-order valence-electron chi connectivity index (χ0n) is 7.49. The number of aromatic nitrogens is 1. The predicted molar refractivity (Wildman–Crippen MR) is 55.5 cm³/mol. The molecule has 1 aromatic heterocycles. The number of nitrogens with two attached hydrogens (primary N) is 2. The molecule has 1 heterocycles. The van der Waals surface area contributed by atoms with Gasteiger partial charge in [0, 0.05) is 16.2 Å². The lowest BCUT2D eigenvalue weighted by Gasteiger charge is -2.20. The Balaban J connectivity index is 3.31. The van der Waals surface area contributed by atoms with Crippen molar-refractivity contribution in [1.29, 1.82) is 0 Å². The molecule has 0 aromatic carbocycles. The van der Waals surface area contributed by atoms with Gasteiger partial charge in [0.1, 0.15) is 11.4 Å². The molecule has 1 aromatic rings. The minimum atomic E-state index is -1.53. The highest BCUT2D eigenvalue weighted by molar-refractivity contribution is 9.10. The molecule has 0 amide bonds. The SMILES string of the molecule is CC(N)(C(=O)O)c1cc(Br)cnc1N. The molecule has 6 heteroatoms. The molecule has 0 spiro atoms. The van der Waals surface area contributed by atoms with E-state index in [1.165, 1.54) is 13.1 Å². The van der Waals surface area contributed by atoms with Gasteiger partial charge in [-0.3, -0.25) is 0 Å². The quantitative estimate of drug-likeness (QED) is 0.725. The van der Waals surface area contributed by atoms with Crippen molar-refractivity contribution in [3.8, 4) is 0 Å². The van der Waals surface area contributed by atoms with Crippen LogP contribution >= 0.6 is 15.9 Å². The van der Waals surface area contributed by atoms with Crippen LogP contribution in [0.15, 0.2) is 16.7 Å². The average molecular weight is 260 g/mol. The Labute approximate surface area is 89.2 Å². The number of nitrogens with zero attached hydrogens (tertiary/aromatic N) is 1. The van der Waals surface area contributed by atoms with Crippen LogP contribution < -0.4 is 11.5 Å². The van der Waals surface area contributed by atoms with Crippen molar-refractivity contribution in [3.63, 3.8) is 0 Å². The average Bonchev–Trinajstić information content (AvgIpc) is 2.08. The molecule has 1 unspecified atom stereocenters. The number of anilines is 1. The van der Waals surface area contributed by atoms with Gasteiger partial charge in [0.15, 0.2) is 0 Å². The van der Waals surface area contributed by atoms with Crippen molar-refractivity contribution in [1.82, 2.24) is 4.98 Å². The van der Waals surface area contributed by atoms with Gasteiger partial charge in [0.05, 0.1) is 0 Å². The molecule has 0 saturated carbocycles. The van der Waals surface area contributed by atoms with Crippen molar-refractivity contribution >= 4 is 27.7 Å². The Morgan fingerprint density at radius 1 is 1.71 bits per heavy atom. The highest BCUT2D eigenvalue weighted by Crippen LogP contribution is 2.25. The molecule has 1 rings (SSSR count). The van der Waals surface area contributed by atoms with E-state index in [0.717, 1.165) is 0 Å². The summed E-state index contributed by atoms with van der Waals surface area (Å²) < 4.78 is 0.639. The van der Waals surface area contributed by atoms with E-state index in [9.17, 15) is 4.79 Å². The number of aliphatic carboxylic acids is 1. The number of pyridine rings is 1. The molecule has 5 N–H and O–H groups in total. The zero-order chi connectivity index (χ0) is 10.9. The second-order valence-electron chi connectivity index (χ2n) is 3.09. The van der Waals surface area contributed by atoms with Crippen molar-refractivity contribution in [2.45, 2.75) is 12.5 Å². The predicted octanol–water partition coefficient (Wildman–Crippen LogP) is 0.685. The second-order valence-corrected chi connectivity index (χ2v) is 4.01. The Bertz CT molecular complexity index is 379. The van der Waals surface area contributed by atoms with E-state index in [2.05, 4.69) is 20.9 Å². The molecular weight excluding hydrogens is 250 g/mol. The molecule has 76 valence electrons. The number of hydrogen-bond donors (Lipinski definition) is 3. The van der Waals surface area contributed by atoms with E-state index in [-0.39, 0.29) is 5.82 Å². The van der Waals surface area contributed by atoms with Crippen LogP contribution in [0.3, 0.4) is 0 Å². The highest BCUT2D eigenvalue weighted by atomic mass is 79.9. The Kier molecular flexibility index (Phi) is 2.77. The van der Waals surface area contributed by atoms with E-state index in [4.69, 9.17) is 16.6 Å². The molecule has 0 aliphatic carbocycles. The van der Waals surface area contributed by atoms with Crippen molar-refractivity contribution < 1.29 is 9.90 Å². The fourth-order valence-electron chi connectivity index (χ4n) is 0.981. The zero-order valence-corrected chi connectivity index (χ0v) is 9.08. The standard InChI is InChI=1S/C8H10BrN3O2/c1-8(11,7(13)14)5-2-4(9)3-12-6(5)10/h2-3H,11H2,1H3,(H2,10,12)(H,13,14). The number of nitrogen functional groups attached to an aromatic ring is 1. The summed E-state index contributed by atoms with van der Waals surface area (Å²) in [5.74, 6) is -1.02. The van der Waals surface area contributed by atoms with Crippen molar-refractivity contribution in [2.75, 3.05) is 5.73 Å². The smallest absolute Gasteiger partial charge is 0.328 e. The van der Waals surface area contributed by atoms with Crippen LogP contribution in [0, 0.1) is 0 Å². The number of rotatable bonds is 2. The maximum Gasteiger partial charge on any atom is 0.328 e. The molecule has 14 heavy (non-hydrogen) atoms. The molecule has 0 aliphatic heterocycles. The fourth-order valence-corrected chi connectivity index (χ4v) is 1.31. The normalized spacial score (nSPS) is 14.8. The summed E-state index contributed by atoms with van der Waals surface area (Å²) in [4.78, 5) is 14.7. The van der Waals surface area contributed by atoms with Gasteiger partial charge >= 0.3 is 5.97 Å². The van der Waals surface area contributed by atoms with Crippen molar-refractivity contribution in [3.05, 3.63) is 22.3 Å². The summed E-state index contributed by atoms with van der Waals surface area (Å²) in [6.45, 7) is 1.37. The first-order chi connectivity index (χ1) is 6.35. The van der Waals surface area contributed by atoms with Crippen LogP contribution in [0.2, 0.25) is 0 Å². The Morgan fingerprint density at radius 3 is 2.79 bits per heavy atom. The summed E-state index contributed by atoms with van der Waals surface area (Å²) in [5, 5.41) is 8.89. The lowest BCUT2D eigenvalue weighted by molar-refractivity contribution is -0.143. The Morgan fingerprint density at radius 2 is 2.29 bits per heavy atom. The number of hydrogen-bond acceptors (Lipinski definition) is 4. The summed E-state index contributed by atoms with van der Waals surface area (Å²) >= 11 is 3.17. The first kappa shape index (κ1) is 10.9. The second kappa shape index (κ2) is 3.55. The molecule has 5 nitrogen and oxygen atoms in total. The van der Waals surface area contributed by atoms with Crippen LogP contribution in [0.5, 0.6) is 0 Å². The topological polar surface area (TPSA) is 102 Å². The highest BCUT2D eigenvalue weighted by Gasteiger charge is 2.32. The lowest BCUT2D eigenvalue weighted by atomic mass is 9.94. The third-order valence-corrected chi connectivity index (χ3v) is 2.32. The largest absolute Gasteiger partial charge is 0.480 e. The summed E-state index contributed by atoms with van der Waals surface area (Å²) in [7, 11) is 0. The number of halogens is 1. The molecule has 0 aliphatic rings. The summed E-state index contributed by atoms with van der Waals surface area (Å²) in [6, 6.07) is 1.55. The third-order valence-electron chi connectivity index (χ3n) is 1.89. The van der Waals surface area contributed by atoms with Crippen LogP contribution in [-0.4, -0.2) is 16.1 Å². The van der Waals surface area contributed by atoms with Crippen LogP contribution in [0.25, 0.3) is 0 Å². The van der Waals surface area contributed by atoms with Gasteiger partial charge in [-0.1, -0.05) is 0 Å². The minimum Gasteiger partial charge on any atom is -0.480 e. The van der Waals surface area contributed by atoms with Crippen LogP contribution in [-0.2, 0) is 10.3 Å². The first-order valence-corrected chi connectivity index (χ1v) is 4.58. The van der Waals surface area contributed by atoms with E-state index in [1.54, 1.807) is 6.07 Å². The summed E-state index contributed by atoms with van der Waals surface area (Å²) in [5.41, 5.74) is 9.91. The third kappa shape index (κ3) is 1.85. The van der Waals surface area contributed by atoms with Gasteiger partial charge in [-0.2, -0.15) is 0 Å². The van der Waals surface area contributed by atoms with Crippen molar-refractivity contribution in [2.24, 2.45) is 5.73 Å². The molecule has 0 fully saturated rings. The van der Waals surface area contributed by atoms with E-state index in [1.807, 2.05) is 0 Å².